The Balaban J connectivity index is 1.34. The Morgan fingerprint density at radius 3 is 2.77 bits per heavy atom. The summed E-state index contributed by atoms with van der Waals surface area (Å²) in [6.07, 6.45) is 6.29. The molecule has 2 aliphatic carbocycles. The molecule has 4 heteroatoms. The molecule has 0 aliphatic heterocycles. The van der Waals surface area contributed by atoms with Gasteiger partial charge in [-0.25, -0.2) is 0 Å². The van der Waals surface area contributed by atoms with Crippen molar-refractivity contribution < 1.29 is 9.84 Å². The predicted molar refractivity (Wildman–Crippen MR) is 122 cm³/mol. The van der Waals surface area contributed by atoms with E-state index in [1.807, 2.05) is 0 Å². The van der Waals surface area contributed by atoms with Gasteiger partial charge in [0.2, 0.25) is 0 Å². The van der Waals surface area contributed by atoms with Crippen molar-refractivity contribution in [3.8, 4) is 5.75 Å². The van der Waals surface area contributed by atoms with Crippen molar-refractivity contribution in [2.75, 3.05) is 27.3 Å². The SMILES string of the molecule is CN(C)Cc1cccc(OC[C@@H]2CCc3cc([C@H]4CC[C@](N)(CO)C4)ccc3C2)c1. The van der Waals surface area contributed by atoms with E-state index in [4.69, 9.17) is 10.5 Å². The molecule has 0 bridgehead atoms. The summed E-state index contributed by atoms with van der Waals surface area (Å²) < 4.78 is 6.17. The first-order valence-corrected chi connectivity index (χ1v) is 11.3. The Morgan fingerprint density at radius 1 is 1.13 bits per heavy atom. The maximum atomic E-state index is 9.56. The van der Waals surface area contributed by atoms with Gasteiger partial charge in [0.05, 0.1) is 13.2 Å². The first kappa shape index (κ1) is 21.4. The number of benzene rings is 2. The van der Waals surface area contributed by atoms with Crippen molar-refractivity contribution in [3.63, 3.8) is 0 Å². The summed E-state index contributed by atoms with van der Waals surface area (Å²) in [6.45, 7) is 1.80. The number of nitrogens with zero attached hydrogens (tertiary/aromatic N) is 1. The number of aliphatic hydroxyl groups is 1. The second-order valence-corrected chi connectivity index (χ2v) is 9.79. The van der Waals surface area contributed by atoms with E-state index in [1.54, 1.807) is 0 Å². The van der Waals surface area contributed by atoms with Crippen LogP contribution in [-0.4, -0.2) is 42.9 Å². The highest BCUT2D eigenvalue weighted by atomic mass is 16.5. The van der Waals surface area contributed by atoms with Crippen molar-refractivity contribution in [1.29, 1.82) is 0 Å². The van der Waals surface area contributed by atoms with Gasteiger partial charge >= 0.3 is 0 Å². The topological polar surface area (TPSA) is 58.7 Å². The number of nitrogens with two attached hydrogens (primary N) is 1. The first-order chi connectivity index (χ1) is 14.4. The van der Waals surface area contributed by atoms with Crippen LogP contribution in [-0.2, 0) is 19.4 Å². The molecular formula is C26H36N2O2. The minimum atomic E-state index is -0.382. The Morgan fingerprint density at radius 2 is 2.00 bits per heavy atom. The Labute approximate surface area is 181 Å². The number of ether oxygens (including phenoxy) is 1. The molecule has 162 valence electrons. The molecule has 2 aromatic rings. The third-order valence-electron chi connectivity index (χ3n) is 6.87. The number of hydrogen-bond donors (Lipinski definition) is 2. The highest BCUT2D eigenvalue weighted by Crippen LogP contribution is 2.40. The van der Waals surface area contributed by atoms with Crippen LogP contribution in [0.15, 0.2) is 42.5 Å². The highest BCUT2D eigenvalue weighted by Gasteiger charge is 2.36. The van der Waals surface area contributed by atoms with Gasteiger partial charge in [-0.05, 0) is 98.8 Å². The van der Waals surface area contributed by atoms with E-state index in [0.717, 1.165) is 51.0 Å². The van der Waals surface area contributed by atoms with Gasteiger partial charge in [0, 0.05) is 12.1 Å². The van der Waals surface area contributed by atoms with Crippen LogP contribution in [0, 0.1) is 5.92 Å². The molecule has 0 radical (unpaired) electrons. The molecule has 4 nitrogen and oxygen atoms in total. The minimum Gasteiger partial charge on any atom is -0.493 e. The molecule has 1 fully saturated rings. The molecule has 4 rings (SSSR count). The molecule has 0 heterocycles. The van der Waals surface area contributed by atoms with Crippen molar-refractivity contribution >= 4 is 0 Å². The smallest absolute Gasteiger partial charge is 0.119 e. The Hall–Kier alpha value is -1.88. The predicted octanol–water partition coefficient (Wildman–Crippen LogP) is 3.89. The van der Waals surface area contributed by atoms with Gasteiger partial charge in [-0.15, -0.1) is 0 Å². The molecule has 0 unspecified atom stereocenters. The highest BCUT2D eigenvalue weighted by molar-refractivity contribution is 5.37. The van der Waals surface area contributed by atoms with Crippen LogP contribution < -0.4 is 10.5 Å². The second kappa shape index (κ2) is 9.09. The summed E-state index contributed by atoms with van der Waals surface area (Å²) >= 11 is 0. The van der Waals surface area contributed by atoms with Crippen LogP contribution in [0.25, 0.3) is 0 Å². The van der Waals surface area contributed by atoms with Gasteiger partial charge in [-0.3, -0.25) is 0 Å². The fourth-order valence-electron chi connectivity index (χ4n) is 5.14. The summed E-state index contributed by atoms with van der Waals surface area (Å²) in [6, 6.07) is 15.5. The second-order valence-electron chi connectivity index (χ2n) is 9.79. The van der Waals surface area contributed by atoms with E-state index in [0.29, 0.717) is 11.8 Å². The lowest BCUT2D eigenvalue weighted by molar-refractivity contribution is 0.198. The van der Waals surface area contributed by atoms with E-state index < -0.39 is 0 Å². The Kier molecular flexibility index (Phi) is 6.47. The zero-order chi connectivity index (χ0) is 21.1. The maximum absolute atomic E-state index is 9.56. The lowest BCUT2D eigenvalue weighted by Gasteiger charge is -2.26. The monoisotopic (exact) mass is 408 g/mol. The van der Waals surface area contributed by atoms with Gasteiger partial charge in [-0.1, -0.05) is 30.3 Å². The molecular weight excluding hydrogens is 372 g/mol. The van der Waals surface area contributed by atoms with E-state index in [9.17, 15) is 5.11 Å². The standard InChI is InChI=1S/C26H36N2O2/c1-28(2)16-19-4-3-5-25(13-19)30-17-20-6-7-22-14-23(9-8-21(22)12-20)24-10-11-26(27,15-24)18-29/h3-5,8-9,13-14,20,24,29H,6-7,10-12,15-18,27H2,1-2H3/t20-,24+,26-/m1/s1. The summed E-state index contributed by atoms with van der Waals surface area (Å²) in [5, 5.41) is 9.56. The van der Waals surface area contributed by atoms with Crippen molar-refractivity contribution in [3.05, 3.63) is 64.7 Å². The molecule has 2 aromatic carbocycles. The van der Waals surface area contributed by atoms with Crippen LogP contribution in [0.2, 0.25) is 0 Å². The molecule has 3 N–H and O–H groups in total. The van der Waals surface area contributed by atoms with Crippen LogP contribution in [0.5, 0.6) is 5.75 Å². The molecule has 0 amide bonds. The number of aliphatic hydroxyl groups excluding tert-OH is 1. The van der Waals surface area contributed by atoms with Crippen molar-refractivity contribution in [1.82, 2.24) is 4.90 Å². The average molecular weight is 409 g/mol. The molecule has 3 atom stereocenters. The molecule has 0 spiro atoms. The van der Waals surface area contributed by atoms with Gasteiger partial charge in [-0.2, -0.15) is 0 Å². The van der Waals surface area contributed by atoms with Crippen LogP contribution in [0.3, 0.4) is 0 Å². The normalized spacial score (nSPS) is 26.0. The van der Waals surface area contributed by atoms with E-state index in [-0.39, 0.29) is 12.1 Å². The zero-order valence-electron chi connectivity index (χ0n) is 18.4. The number of rotatable bonds is 7. The fraction of sp³-hybridized carbons (Fsp3) is 0.538. The molecule has 1 saturated carbocycles. The van der Waals surface area contributed by atoms with Crippen molar-refractivity contribution in [2.24, 2.45) is 11.7 Å². The van der Waals surface area contributed by atoms with E-state index in [1.165, 1.54) is 28.7 Å². The van der Waals surface area contributed by atoms with Gasteiger partial charge in [0.15, 0.2) is 0 Å². The van der Waals surface area contributed by atoms with Gasteiger partial charge < -0.3 is 20.5 Å². The third kappa shape index (κ3) is 5.05. The maximum Gasteiger partial charge on any atom is 0.119 e. The molecule has 0 aromatic heterocycles. The molecule has 2 aliphatic rings. The number of aryl methyl sites for hydroxylation is 1. The van der Waals surface area contributed by atoms with E-state index in [2.05, 4.69) is 61.5 Å². The number of hydrogen-bond acceptors (Lipinski definition) is 4. The minimum absolute atomic E-state index is 0.0914. The first-order valence-electron chi connectivity index (χ1n) is 11.3. The van der Waals surface area contributed by atoms with Crippen molar-refractivity contribution in [2.45, 2.75) is 56.5 Å². The summed E-state index contributed by atoms with van der Waals surface area (Å²) in [7, 11) is 4.17. The van der Waals surface area contributed by atoms with Gasteiger partial charge in [0.1, 0.15) is 5.75 Å². The quantitative estimate of drug-likeness (QED) is 0.730. The van der Waals surface area contributed by atoms with Crippen LogP contribution in [0.1, 0.15) is 53.9 Å². The average Bonchev–Trinajstić information content (AvgIpc) is 3.14. The summed E-state index contributed by atoms with van der Waals surface area (Å²) in [5.74, 6) is 2.03. The Bertz CT molecular complexity index is 866. The zero-order valence-corrected chi connectivity index (χ0v) is 18.4. The lowest BCUT2D eigenvalue weighted by atomic mass is 9.82. The fourth-order valence-corrected chi connectivity index (χ4v) is 5.14. The summed E-state index contributed by atoms with van der Waals surface area (Å²) in [4.78, 5) is 2.17. The molecule has 30 heavy (non-hydrogen) atoms. The summed E-state index contributed by atoms with van der Waals surface area (Å²) in [5.41, 5.74) is 11.6. The number of fused-ring (bicyclic) bond motifs is 1. The third-order valence-corrected chi connectivity index (χ3v) is 6.87. The largest absolute Gasteiger partial charge is 0.493 e. The van der Waals surface area contributed by atoms with E-state index >= 15 is 0 Å². The molecule has 0 saturated heterocycles. The van der Waals surface area contributed by atoms with Gasteiger partial charge in [0.25, 0.3) is 0 Å². The van der Waals surface area contributed by atoms with Crippen LogP contribution >= 0.6 is 0 Å². The lowest BCUT2D eigenvalue weighted by Crippen LogP contribution is -2.40. The van der Waals surface area contributed by atoms with Crippen LogP contribution in [0.4, 0.5) is 0 Å².